The van der Waals surface area contributed by atoms with Crippen LogP contribution in [0.15, 0.2) is 18.5 Å². The van der Waals surface area contributed by atoms with Crippen LogP contribution in [0.5, 0.6) is 11.6 Å². The maximum atomic E-state index is 5.64. The van der Waals surface area contributed by atoms with Gasteiger partial charge in [0, 0.05) is 20.2 Å². The molecule has 0 bridgehead atoms. The fourth-order valence-electron chi connectivity index (χ4n) is 1.31. The lowest BCUT2D eigenvalue weighted by molar-refractivity contribution is 0.177. The number of hydrogen-bond donors (Lipinski definition) is 1. The fourth-order valence-corrected chi connectivity index (χ4v) is 1.31. The summed E-state index contributed by atoms with van der Waals surface area (Å²) in [6.45, 7) is 0.286. The van der Waals surface area contributed by atoms with E-state index in [1.165, 1.54) is 0 Å². The second-order valence-electron chi connectivity index (χ2n) is 3.43. The van der Waals surface area contributed by atoms with Gasteiger partial charge in [0.05, 0.1) is 12.4 Å². The molecule has 0 fully saturated rings. The second kappa shape index (κ2) is 4.79. The van der Waals surface area contributed by atoms with E-state index in [4.69, 9.17) is 15.2 Å². The van der Waals surface area contributed by atoms with Gasteiger partial charge in [0.25, 0.3) is 0 Å². The Kier molecular flexibility index (Phi) is 3.20. The number of anilines is 1. The predicted molar refractivity (Wildman–Crippen MR) is 60.4 cm³/mol. The fraction of sp³-hybridized carbons (Fsp3) is 0.300. The first-order chi connectivity index (χ1) is 8.17. The summed E-state index contributed by atoms with van der Waals surface area (Å²) in [5, 5.41) is 3.99. The van der Waals surface area contributed by atoms with E-state index in [9.17, 15) is 0 Å². The van der Waals surface area contributed by atoms with E-state index in [0.29, 0.717) is 23.3 Å². The highest BCUT2D eigenvalue weighted by molar-refractivity contribution is 5.34. The Morgan fingerprint density at radius 3 is 2.88 bits per heavy atom. The van der Waals surface area contributed by atoms with E-state index >= 15 is 0 Å². The lowest BCUT2D eigenvalue weighted by Crippen LogP contribution is -2.02. The Morgan fingerprint density at radius 1 is 1.41 bits per heavy atom. The molecule has 0 spiro atoms. The third kappa shape index (κ3) is 2.91. The summed E-state index contributed by atoms with van der Waals surface area (Å²) < 4.78 is 12.1. The number of aromatic nitrogens is 4. The molecule has 0 atom stereocenters. The molecule has 0 aliphatic heterocycles. The molecule has 7 heteroatoms. The highest BCUT2D eigenvalue weighted by atomic mass is 16.5. The zero-order chi connectivity index (χ0) is 12.3. The Balaban J connectivity index is 2.20. The topological polar surface area (TPSA) is 88.1 Å². The van der Waals surface area contributed by atoms with Crippen LogP contribution in [0.1, 0.15) is 5.82 Å². The van der Waals surface area contributed by atoms with Crippen molar-refractivity contribution < 1.29 is 9.47 Å². The van der Waals surface area contributed by atoms with Crippen molar-refractivity contribution in [3.8, 4) is 11.6 Å². The molecule has 0 radical (unpaired) electrons. The van der Waals surface area contributed by atoms with E-state index in [1.54, 1.807) is 37.3 Å². The van der Waals surface area contributed by atoms with E-state index < -0.39 is 0 Å². The minimum absolute atomic E-state index is 0.286. The highest BCUT2D eigenvalue weighted by Crippen LogP contribution is 2.19. The predicted octanol–water partition coefficient (Wildman–Crippen LogP) is 0.731. The van der Waals surface area contributed by atoms with Gasteiger partial charge in [-0.05, 0) is 0 Å². The molecule has 7 nitrogen and oxygen atoms in total. The van der Waals surface area contributed by atoms with Crippen molar-refractivity contribution in [2.24, 2.45) is 7.05 Å². The minimum Gasteiger partial charge on any atom is -0.436 e. The van der Waals surface area contributed by atoms with Crippen molar-refractivity contribution in [1.82, 2.24) is 19.7 Å². The van der Waals surface area contributed by atoms with Crippen LogP contribution in [0.3, 0.4) is 0 Å². The van der Waals surface area contributed by atoms with Crippen molar-refractivity contribution >= 4 is 5.82 Å². The lowest BCUT2D eigenvalue weighted by atomic mass is 10.5. The molecular weight excluding hydrogens is 222 g/mol. The van der Waals surface area contributed by atoms with Gasteiger partial charge in [0.2, 0.25) is 5.88 Å². The summed E-state index contributed by atoms with van der Waals surface area (Å²) >= 11 is 0. The van der Waals surface area contributed by atoms with Gasteiger partial charge < -0.3 is 15.2 Å². The van der Waals surface area contributed by atoms with Crippen molar-refractivity contribution in [3.63, 3.8) is 0 Å². The molecule has 0 saturated heterocycles. The standard InChI is InChI=1S/C10H13N5O2/c1-15-5-7(4-12-15)17-10-3-8(11)13-9(14-10)6-16-2/h3-5H,6H2,1-2H3,(H2,11,13,14). The zero-order valence-electron chi connectivity index (χ0n) is 9.62. The molecule has 0 unspecified atom stereocenters. The summed E-state index contributed by atoms with van der Waals surface area (Å²) in [6, 6.07) is 1.55. The SMILES string of the molecule is COCc1nc(N)cc(Oc2cnn(C)c2)n1. The van der Waals surface area contributed by atoms with Gasteiger partial charge in [-0.3, -0.25) is 4.68 Å². The number of nitrogens with two attached hydrogens (primary N) is 1. The Bertz CT molecular complexity index is 511. The molecule has 90 valence electrons. The van der Waals surface area contributed by atoms with E-state index in [2.05, 4.69) is 15.1 Å². The average Bonchev–Trinajstić information content (AvgIpc) is 2.63. The zero-order valence-corrected chi connectivity index (χ0v) is 9.62. The van der Waals surface area contributed by atoms with E-state index in [1.807, 2.05) is 0 Å². The van der Waals surface area contributed by atoms with Crippen LogP contribution in [0, 0.1) is 0 Å². The number of aryl methyl sites for hydroxylation is 1. The van der Waals surface area contributed by atoms with Gasteiger partial charge >= 0.3 is 0 Å². The number of rotatable bonds is 4. The number of methoxy groups -OCH3 is 1. The molecule has 0 aromatic carbocycles. The summed E-state index contributed by atoms with van der Waals surface area (Å²) in [5.74, 6) is 1.78. The maximum absolute atomic E-state index is 5.64. The third-order valence-corrected chi connectivity index (χ3v) is 1.95. The molecule has 17 heavy (non-hydrogen) atoms. The molecule has 2 N–H and O–H groups in total. The first-order valence-electron chi connectivity index (χ1n) is 4.96. The van der Waals surface area contributed by atoms with Gasteiger partial charge in [0.15, 0.2) is 11.6 Å². The van der Waals surface area contributed by atoms with Crippen molar-refractivity contribution in [2.45, 2.75) is 6.61 Å². The molecule has 0 aliphatic rings. The van der Waals surface area contributed by atoms with Crippen LogP contribution < -0.4 is 10.5 Å². The van der Waals surface area contributed by atoms with Gasteiger partial charge in [-0.2, -0.15) is 10.1 Å². The van der Waals surface area contributed by atoms with Crippen LogP contribution in [0.25, 0.3) is 0 Å². The molecule has 2 rings (SSSR count). The molecular formula is C10H13N5O2. The van der Waals surface area contributed by atoms with Crippen LogP contribution in [0.2, 0.25) is 0 Å². The molecule has 0 amide bonds. The van der Waals surface area contributed by atoms with Crippen LogP contribution in [0.4, 0.5) is 5.82 Å². The number of nitrogen functional groups attached to an aromatic ring is 1. The average molecular weight is 235 g/mol. The van der Waals surface area contributed by atoms with Crippen molar-refractivity contribution in [3.05, 3.63) is 24.3 Å². The molecule has 2 aromatic heterocycles. The summed E-state index contributed by atoms with van der Waals surface area (Å²) in [7, 11) is 3.37. The molecule has 0 aliphatic carbocycles. The summed E-state index contributed by atoms with van der Waals surface area (Å²) in [5.41, 5.74) is 5.64. The minimum atomic E-state index is 0.286. The quantitative estimate of drug-likeness (QED) is 0.840. The Hall–Kier alpha value is -2.15. The summed E-state index contributed by atoms with van der Waals surface area (Å²) in [4.78, 5) is 8.16. The van der Waals surface area contributed by atoms with Crippen LogP contribution in [-0.2, 0) is 18.4 Å². The van der Waals surface area contributed by atoms with E-state index in [-0.39, 0.29) is 6.61 Å². The van der Waals surface area contributed by atoms with Crippen molar-refractivity contribution in [1.29, 1.82) is 0 Å². The van der Waals surface area contributed by atoms with Gasteiger partial charge in [-0.25, -0.2) is 4.98 Å². The molecule has 0 saturated carbocycles. The monoisotopic (exact) mass is 235 g/mol. The largest absolute Gasteiger partial charge is 0.436 e. The van der Waals surface area contributed by atoms with Gasteiger partial charge in [0.1, 0.15) is 12.4 Å². The first kappa shape index (κ1) is 11.3. The van der Waals surface area contributed by atoms with Crippen molar-refractivity contribution in [2.75, 3.05) is 12.8 Å². The normalized spacial score (nSPS) is 10.5. The maximum Gasteiger partial charge on any atom is 0.224 e. The van der Waals surface area contributed by atoms with Crippen LogP contribution >= 0.6 is 0 Å². The second-order valence-corrected chi connectivity index (χ2v) is 3.43. The molecule has 2 aromatic rings. The summed E-state index contributed by atoms with van der Waals surface area (Å²) in [6.07, 6.45) is 3.32. The van der Waals surface area contributed by atoms with Crippen LogP contribution in [-0.4, -0.2) is 26.9 Å². The molecule has 2 heterocycles. The number of ether oxygens (including phenoxy) is 2. The Labute approximate surface area is 98.2 Å². The smallest absolute Gasteiger partial charge is 0.224 e. The van der Waals surface area contributed by atoms with Gasteiger partial charge in [-0.15, -0.1) is 0 Å². The lowest BCUT2D eigenvalue weighted by Gasteiger charge is -2.05. The van der Waals surface area contributed by atoms with Gasteiger partial charge in [-0.1, -0.05) is 0 Å². The number of hydrogen-bond acceptors (Lipinski definition) is 6. The highest BCUT2D eigenvalue weighted by Gasteiger charge is 2.05. The number of nitrogens with zero attached hydrogens (tertiary/aromatic N) is 4. The Morgan fingerprint density at radius 2 is 2.24 bits per heavy atom. The third-order valence-electron chi connectivity index (χ3n) is 1.95. The first-order valence-corrected chi connectivity index (χ1v) is 4.96. The van der Waals surface area contributed by atoms with E-state index in [0.717, 1.165) is 0 Å².